The first-order chi connectivity index (χ1) is 19.4. The molecule has 0 spiro atoms. The maximum absolute atomic E-state index is 14.1. The third kappa shape index (κ3) is 8.03. The summed E-state index contributed by atoms with van der Waals surface area (Å²) < 4.78 is 45.6. The van der Waals surface area contributed by atoms with Crippen LogP contribution in [0.3, 0.4) is 0 Å². The molecule has 3 N–H and O–H groups in total. The van der Waals surface area contributed by atoms with E-state index in [1.807, 2.05) is 13.8 Å². The number of alkyl halides is 3. The van der Waals surface area contributed by atoms with Gasteiger partial charge in [0.25, 0.3) is 5.91 Å². The Morgan fingerprint density at radius 1 is 1.05 bits per heavy atom. The number of hydrogen-bond donors (Lipinski definition) is 3. The number of ketones is 1. The van der Waals surface area contributed by atoms with Gasteiger partial charge in [-0.15, -0.1) is 6.58 Å². The van der Waals surface area contributed by atoms with Gasteiger partial charge < -0.3 is 25.6 Å². The van der Waals surface area contributed by atoms with E-state index >= 15 is 0 Å². The molecule has 3 rings (SSSR count). The standard InChI is InChI=1S/C29H43F3N4O6/c1-7-13-33-24(39)22(37)18(14-29(30,31)32)34-23(38)21-19-17(28(19,5)6)15-36(21)25(40)20(16-11-9-8-10-12-16)35-26(41)42-27(2,3)4/h7,16-21H,1,8-15H2,2-6H3,(H,33,39)(H,34,38)(H,35,41)/t17?,18?,19?,20-,21?/m0/s1. The van der Waals surface area contributed by atoms with Gasteiger partial charge in [0.2, 0.25) is 17.6 Å². The minimum Gasteiger partial charge on any atom is -0.444 e. The number of nitrogens with one attached hydrogen (secondary N) is 3. The first kappa shape index (κ1) is 33.4. The molecule has 2 aliphatic carbocycles. The molecule has 0 aromatic heterocycles. The van der Waals surface area contributed by atoms with Crippen molar-refractivity contribution in [1.82, 2.24) is 20.9 Å². The summed E-state index contributed by atoms with van der Waals surface area (Å²) in [6, 6.07) is -4.34. The van der Waals surface area contributed by atoms with Gasteiger partial charge in [-0.2, -0.15) is 13.2 Å². The highest BCUT2D eigenvalue weighted by Crippen LogP contribution is 2.65. The molecule has 236 valence electrons. The fourth-order valence-corrected chi connectivity index (χ4v) is 6.38. The number of alkyl carbamates (subject to hydrolysis) is 1. The van der Waals surface area contributed by atoms with Crippen molar-refractivity contribution in [2.45, 2.75) is 103 Å². The maximum atomic E-state index is 14.1. The van der Waals surface area contributed by atoms with E-state index in [0.717, 1.165) is 19.3 Å². The summed E-state index contributed by atoms with van der Waals surface area (Å²) in [4.78, 5) is 66.6. The molecule has 13 heteroatoms. The van der Waals surface area contributed by atoms with Crippen LogP contribution in [0.2, 0.25) is 0 Å². The molecule has 0 aromatic carbocycles. The van der Waals surface area contributed by atoms with Crippen LogP contribution in [0.15, 0.2) is 12.7 Å². The maximum Gasteiger partial charge on any atom is 0.408 e. The number of rotatable bonds is 10. The molecule has 1 saturated heterocycles. The van der Waals surface area contributed by atoms with E-state index in [-0.39, 0.29) is 36.3 Å². The van der Waals surface area contributed by atoms with Gasteiger partial charge in [0.05, 0.1) is 6.42 Å². The van der Waals surface area contributed by atoms with E-state index in [1.165, 1.54) is 11.0 Å². The Bertz CT molecular complexity index is 1080. The Labute approximate surface area is 244 Å². The number of Topliss-reactive ketones (excluding diaryl/α,β-unsaturated/α-hetero) is 1. The molecule has 4 unspecified atom stereocenters. The summed E-state index contributed by atoms with van der Waals surface area (Å²) in [5, 5.41) is 6.99. The molecule has 0 radical (unpaired) electrons. The number of hydrogen-bond acceptors (Lipinski definition) is 6. The van der Waals surface area contributed by atoms with Crippen molar-refractivity contribution in [2.75, 3.05) is 13.1 Å². The van der Waals surface area contributed by atoms with E-state index in [9.17, 15) is 37.1 Å². The van der Waals surface area contributed by atoms with Crippen LogP contribution in [0.5, 0.6) is 0 Å². The summed E-state index contributed by atoms with van der Waals surface area (Å²) in [5.41, 5.74) is -1.19. The van der Waals surface area contributed by atoms with E-state index < -0.39 is 65.9 Å². The van der Waals surface area contributed by atoms with Gasteiger partial charge in [0.1, 0.15) is 23.7 Å². The van der Waals surface area contributed by atoms with Gasteiger partial charge in [-0.3, -0.25) is 19.2 Å². The Hall–Kier alpha value is -3.12. The normalized spacial score (nSPS) is 25.0. The molecule has 0 bridgehead atoms. The first-order valence-electron chi connectivity index (χ1n) is 14.5. The van der Waals surface area contributed by atoms with E-state index in [1.54, 1.807) is 20.8 Å². The third-order valence-electron chi connectivity index (χ3n) is 8.52. The van der Waals surface area contributed by atoms with Crippen LogP contribution < -0.4 is 16.0 Å². The Morgan fingerprint density at radius 3 is 2.21 bits per heavy atom. The minimum absolute atomic E-state index is 0.0987. The third-order valence-corrected chi connectivity index (χ3v) is 8.52. The number of amides is 4. The largest absolute Gasteiger partial charge is 0.444 e. The van der Waals surface area contributed by atoms with Gasteiger partial charge in [0, 0.05) is 13.1 Å². The number of likely N-dealkylation sites (tertiary alicyclic amines) is 1. The molecule has 0 aromatic rings. The second kappa shape index (κ2) is 12.6. The number of carbonyl (C=O) groups excluding carboxylic acids is 5. The van der Waals surface area contributed by atoms with Crippen molar-refractivity contribution in [2.24, 2.45) is 23.2 Å². The predicted molar refractivity (Wildman–Crippen MR) is 147 cm³/mol. The van der Waals surface area contributed by atoms with E-state index in [0.29, 0.717) is 12.8 Å². The summed E-state index contributed by atoms with van der Waals surface area (Å²) in [6.07, 6.45) is -2.05. The average Bonchev–Trinajstić information content (AvgIpc) is 3.21. The van der Waals surface area contributed by atoms with Crippen LogP contribution >= 0.6 is 0 Å². The number of piperidine rings is 1. The van der Waals surface area contributed by atoms with Crippen molar-refractivity contribution >= 4 is 29.6 Å². The van der Waals surface area contributed by atoms with Crippen molar-refractivity contribution < 1.29 is 41.9 Å². The summed E-state index contributed by atoms with van der Waals surface area (Å²) in [7, 11) is 0. The molecule has 5 atom stereocenters. The number of nitrogens with zero attached hydrogens (tertiary/aromatic N) is 1. The van der Waals surface area contributed by atoms with E-state index in [2.05, 4.69) is 22.5 Å². The summed E-state index contributed by atoms with van der Waals surface area (Å²) >= 11 is 0. The zero-order valence-corrected chi connectivity index (χ0v) is 24.9. The van der Waals surface area contributed by atoms with Crippen LogP contribution in [0, 0.1) is 23.2 Å². The molecular formula is C29H43F3N4O6. The molecule has 3 aliphatic rings. The smallest absolute Gasteiger partial charge is 0.408 e. The van der Waals surface area contributed by atoms with Gasteiger partial charge in [-0.25, -0.2) is 4.79 Å². The lowest BCUT2D eigenvalue weighted by Crippen LogP contribution is -2.60. The van der Waals surface area contributed by atoms with Gasteiger partial charge in [-0.05, 0) is 56.8 Å². The molecule has 2 saturated carbocycles. The van der Waals surface area contributed by atoms with Gasteiger partial charge in [-0.1, -0.05) is 39.2 Å². The lowest BCUT2D eigenvalue weighted by Gasteiger charge is -2.37. The van der Waals surface area contributed by atoms with Crippen LogP contribution in [0.4, 0.5) is 18.0 Å². The molecule has 3 fully saturated rings. The van der Waals surface area contributed by atoms with Crippen molar-refractivity contribution in [3.05, 3.63) is 12.7 Å². The van der Waals surface area contributed by atoms with Crippen LogP contribution in [-0.4, -0.2) is 77.5 Å². The highest BCUT2D eigenvalue weighted by Gasteiger charge is 2.70. The summed E-state index contributed by atoms with van der Waals surface area (Å²) in [6.45, 7) is 12.3. The second-order valence-corrected chi connectivity index (χ2v) is 13.2. The molecule has 4 amide bonds. The molecule has 42 heavy (non-hydrogen) atoms. The van der Waals surface area contributed by atoms with Crippen molar-refractivity contribution in [3.8, 4) is 0 Å². The molecule has 1 heterocycles. The van der Waals surface area contributed by atoms with Crippen LogP contribution in [-0.2, 0) is 23.9 Å². The van der Waals surface area contributed by atoms with Crippen molar-refractivity contribution in [3.63, 3.8) is 0 Å². The molecule has 10 nitrogen and oxygen atoms in total. The highest BCUT2D eigenvalue weighted by molar-refractivity contribution is 6.38. The molecular weight excluding hydrogens is 557 g/mol. The fourth-order valence-electron chi connectivity index (χ4n) is 6.38. The topological polar surface area (TPSA) is 134 Å². The second-order valence-electron chi connectivity index (χ2n) is 13.2. The number of fused-ring (bicyclic) bond motifs is 1. The Balaban J connectivity index is 1.88. The fraction of sp³-hybridized carbons (Fsp3) is 0.759. The average molecular weight is 601 g/mol. The Morgan fingerprint density at radius 2 is 1.67 bits per heavy atom. The zero-order valence-electron chi connectivity index (χ0n) is 24.9. The van der Waals surface area contributed by atoms with Crippen molar-refractivity contribution in [1.29, 1.82) is 0 Å². The highest BCUT2D eigenvalue weighted by atomic mass is 19.4. The number of halogens is 3. The minimum atomic E-state index is -4.86. The summed E-state index contributed by atoms with van der Waals surface area (Å²) in [5.74, 6) is -4.87. The monoisotopic (exact) mass is 600 g/mol. The van der Waals surface area contributed by atoms with Gasteiger partial charge >= 0.3 is 12.3 Å². The quantitative estimate of drug-likeness (QED) is 0.261. The zero-order chi connectivity index (χ0) is 31.6. The van der Waals surface area contributed by atoms with Gasteiger partial charge in [0.15, 0.2) is 0 Å². The first-order valence-corrected chi connectivity index (χ1v) is 14.5. The Kier molecular flexibility index (Phi) is 10.0. The number of ether oxygens (including phenoxy) is 1. The lowest BCUT2D eigenvalue weighted by atomic mass is 9.83. The molecule has 1 aliphatic heterocycles. The predicted octanol–water partition coefficient (Wildman–Crippen LogP) is 3.25. The van der Waals surface area contributed by atoms with Crippen LogP contribution in [0.1, 0.15) is 73.1 Å². The van der Waals surface area contributed by atoms with Crippen LogP contribution in [0.25, 0.3) is 0 Å². The SMILES string of the molecule is C=CCNC(=O)C(=O)C(CC(F)(F)F)NC(=O)C1C2C(CN1C(=O)[C@@H](NC(=O)OC(C)(C)C)C1CCCCC1)C2(C)C. The van der Waals surface area contributed by atoms with E-state index in [4.69, 9.17) is 4.74 Å². The lowest BCUT2D eigenvalue weighted by molar-refractivity contribution is -0.155. The number of carbonyl (C=O) groups is 5.